The van der Waals surface area contributed by atoms with E-state index in [4.69, 9.17) is 9.88 Å². The van der Waals surface area contributed by atoms with E-state index in [-0.39, 0.29) is 11.5 Å². The largest absolute Gasteiger partial charge is 0.469 e. The Morgan fingerprint density at radius 3 is 2.42 bits per heavy atom. The molecule has 0 bridgehead atoms. The van der Waals surface area contributed by atoms with Crippen molar-refractivity contribution < 1.29 is 13.7 Å². The molecule has 0 aliphatic rings. The van der Waals surface area contributed by atoms with Crippen LogP contribution in [0.3, 0.4) is 0 Å². The maximum absolute atomic E-state index is 13.3. The van der Waals surface area contributed by atoms with Gasteiger partial charge in [-0.3, -0.25) is 8.82 Å². The molecule has 2 unspecified atom stereocenters. The van der Waals surface area contributed by atoms with Crippen molar-refractivity contribution >= 4 is 24.1 Å². The van der Waals surface area contributed by atoms with Gasteiger partial charge in [-0.25, -0.2) is 9.35 Å². The van der Waals surface area contributed by atoms with E-state index in [1.54, 1.807) is 0 Å². The molecule has 0 aliphatic carbocycles. The Bertz CT molecular complexity index is 717. The number of hydrogen-bond donors (Lipinski definition) is 1. The van der Waals surface area contributed by atoms with E-state index in [9.17, 15) is 9.00 Å². The fourth-order valence-electron chi connectivity index (χ4n) is 2.09. The summed E-state index contributed by atoms with van der Waals surface area (Å²) in [5.74, 6) is -0.440. The first kappa shape index (κ1) is 20.9. The van der Waals surface area contributed by atoms with Crippen LogP contribution in [-0.2, 0) is 19.4 Å². The molecule has 2 N–H and O–H groups in total. The Balaban J connectivity index is 3.47. The SMILES string of the molecule is COC(=O)CC(c1cccc(C)c1)S(N)(=O)=N[Si](C)(C)C(C)(C)C. The standard InChI is InChI=1S/C17H30N2O3SSi/c1-13-9-8-10-14(11-13)15(12-16(20)22-5)23(18,21)19-24(6,7)17(2,3)4/h8-11,15H,12H2,1-7H3,(H2,18,19,21). The Kier molecular flexibility index (Phi) is 6.41. The molecule has 1 aromatic rings. The molecule has 0 spiro atoms. The van der Waals surface area contributed by atoms with Crippen LogP contribution in [-0.4, -0.2) is 25.5 Å². The number of aryl methyl sites for hydroxylation is 1. The number of carbonyl (C=O) groups excluding carboxylic acids is 1. The Morgan fingerprint density at radius 2 is 1.96 bits per heavy atom. The van der Waals surface area contributed by atoms with Gasteiger partial charge in [0, 0.05) is 0 Å². The molecule has 1 aromatic carbocycles. The number of ether oxygens (including phenoxy) is 1. The normalized spacial score (nSPS) is 16.2. The molecule has 0 saturated heterocycles. The van der Waals surface area contributed by atoms with Gasteiger partial charge >= 0.3 is 5.97 Å². The van der Waals surface area contributed by atoms with Crippen molar-refractivity contribution in [3.63, 3.8) is 0 Å². The van der Waals surface area contributed by atoms with Crippen molar-refractivity contribution in [3.05, 3.63) is 35.4 Å². The zero-order valence-electron chi connectivity index (χ0n) is 15.8. The summed E-state index contributed by atoms with van der Waals surface area (Å²) < 4.78 is 22.8. The van der Waals surface area contributed by atoms with Crippen LogP contribution in [0.1, 0.15) is 43.6 Å². The highest BCUT2D eigenvalue weighted by atomic mass is 32.2. The predicted molar refractivity (Wildman–Crippen MR) is 103 cm³/mol. The van der Waals surface area contributed by atoms with Crippen molar-refractivity contribution in [2.75, 3.05) is 7.11 Å². The Morgan fingerprint density at radius 1 is 1.38 bits per heavy atom. The van der Waals surface area contributed by atoms with E-state index in [0.717, 1.165) is 11.1 Å². The van der Waals surface area contributed by atoms with Crippen LogP contribution in [0.15, 0.2) is 28.3 Å². The molecule has 0 aliphatic heterocycles. The van der Waals surface area contributed by atoms with Gasteiger partial charge in [0.25, 0.3) is 0 Å². The van der Waals surface area contributed by atoms with Crippen molar-refractivity contribution in [1.29, 1.82) is 0 Å². The lowest BCUT2D eigenvalue weighted by Crippen LogP contribution is -2.39. The molecule has 24 heavy (non-hydrogen) atoms. The molecule has 136 valence electrons. The molecule has 0 saturated carbocycles. The van der Waals surface area contributed by atoms with E-state index >= 15 is 0 Å². The lowest BCUT2D eigenvalue weighted by molar-refractivity contribution is -0.140. The minimum absolute atomic E-state index is 0.0482. The number of methoxy groups -OCH3 is 1. The van der Waals surface area contributed by atoms with Crippen LogP contribution >= 0.6 is 0 Å². The van der Waals surface area contributed by atoms with Gasteiger partial charge in [-0.05, 0) is 30.6 Å². The summed E-state index contributed by atoms with van der Waals surface area (Å²) >= 11 is 0. The second kappa shape index (κ2) is 7.37. The van der Waals surface area contributed by atoms with Gasteiger partial charge < -0.3 is 4.74 Å². The minimum Gasteiger partial charge on any atom is -0.469 e. The van der Waals surface area contributed by atoms with Crippen molar-refractivity contribution in [3.8, 4) is 0 Å². The second-order valence-corrected chi connectivity index (χ2v) is 14.8. The summed E-state index contributed by atoms with van der Waals surface area (Å²) in [6.45, 7) is 12.3. The lowest BCUT2D eigenvalue weighted by Gasteiger charge is -2.34. The number of nitrogens with zero attached hydrogens (tertiary/aromatic N) is 1. The van der Waals surface area contributed by atoms with Gasteiger partial charge in [-0.2, -0.15) is 0 Å². The van der Waals surface area contributed by atoms with Gasteiger partial charge in [0.15, 0.2) is 8.24 Å². The Labute approximate surface area is 147 Å². The molecule has 0 fully saturated rings. The highest BCUT2D eigenvalue weighted by Crippen LogP contribution is 2.39. The van der Waals surface area contributed by atoms with E-state index in [2.05, 4.69) is 24.8 Å². The summed E-state index contributed by atoms with van der Waals surface area (Å²) in [5.41, 5.74) is 1.78. The van der Waals surface area contributed by atoms with Crippen LogP contribution in [0.4, 0.5) is 0 Å². The predicted octanol–water partition coefficient (Wildman–Crippen LogP) is 3.95. The Hall–Kier alpha value is -1.18. The number of esters is 1. The summed E-state index contributed by atoms with van der Waals surface area (Å²) in [4.78, 5) is 11.9. The van der Waals surface area contributed by atoms with Gasteiger partial charge in [0.2, 0.25) is 0 Å². The highest BCUT2D eigenvalue weighted by molar-refractivity contribution is 7.92. The molecular formula is C17H30N2O3SSi. The first-order valence-corrected chi connectivity index (χ1v) is 12.6. The lowest BCUT2D eigenvalue weighted by atomic mass is 10.1. The second-order valence-electron chi connectivity index (χ2n) is 7.70. The van der Waals surface area contributed by atoms with Crippen molar-refractivity contribution in [1.82, 2.24) is 0 Å². The van der Waals surface area contributed by atoms with Crippen molar-refractivity contribution in [2.45, 2.75) is 57.5 Å². The fraction of sp³-hybridized carbons (Fsp3) is 0.588. The smallest absolute Gasteiger partial charge is 0.307 e. The third-order valence-corrected chi connectivity index (χ3v) is 12.5. The average Bonchev–Trinajstić information content (AvgIpc) is 2.41. The number of carbonyl (C=O) groups is 1. The number of rotatable bonds is 5. The van der Waals surface area contributed by atoms with Crippen LogP contribution in [0.25, 0.3) is 0 Å². The van der Waals surface area contributed by atoms with Crippen LogP contribution in [0.2, 0.25) is 18.1 Å². The van der Waals surface area contributed by atoms with Crippen LogP contribution < -0.4 is 5.14 Å². The van der Waals surface area contributed by atoms with E-state index in [1.165, 1.54) is 7.11 Å². The average molecular weight is 371 g/mol. The van der Waals surface area contributed by atoms with Gasteiger partial charge in [-0.15, -0.1) is 0 Å². The monoisotopic (exact) mass is 370 g/mol. The quantitative estimate of drug-likeness (QED) is 0.629. The van der Waals surface area contributed by atoms with E-state index < -0.39 is 29.4 Å². The zero-order valence-corrected chi connectivity index (χ0v) is 17.6. The zero-order chi connectivity index (χ0) is 18.8. The fourth-order valence-corrected chi connectivity index (χ4v) is 7.46. The molecule has 0 aromatic heterocycles. The third-order valence-electron chi connectivity index (χ3n) is 4.61. The molecule has 1 rings (SSSR count). The topological polar surface area (TPSA) is 81.8 Å². The maximum Gasteiger partial charge on any atom is 0.307 e. The molecule has 0 radical (unpaired) electrons. The van der Waals surface area contributed by atoms with Gasteiger partial charge in [-0.1, -0.05) is 50.6 Å². The molecule has 5 nitrogen and oxygen atoms in total. The third kappa shape index (κ3) is 5.16. The van der Waals surface area contributed by atoms with Crippen LogP contribution in [0, 0.1) is 6.92 Å². The molecule has 7 heteroatoms. The van der Waals surface area contributed by atoms with Crippen LogP contribution in [0.5, 0.6) is 0 Å². The minimum atomic E-state index is -3.10. The highest BCUT2D eigenvalue weighted by Gasteiger charge is 2.39. The summed E-state index contributed by atoms with van der Waals surface area (Å²) in [6.07, 6.45) is -0.0482. The first-order valence-electron chi connectivity index (χ1n) is 7.98. The van der Waals surface area contributed by atoms with Crippen molar-refractivity contribution in [2.24, 2.45) is 9.17 Å². The number of nitrogens with two attached hydrogens (primary N) is 1. The number of hydrogen-bond acceptors (Lipinski definition) is 4. The number of benzene rings is 1. The molecule has 0 heterocycles. The maximum atomic E-state index is 13.3. The van der Waals surface area contributed by atoms with Gasteiger partial charge in [0.05, 0.1) is 18.8 Å². The summed E-state index contributed by atoms with van der Waals surface area (Å²) in [5, 5.41) is 5.45. The molecular weight excluding hydrogens is 340 g/mol. The van der Waals surface area contributed by atoms with Gasteiger partial charge in [0.1, 0.15) is 9.92 Å². The summed E-state index contributed by atoms with van der Waals surface area (Å²) in [7, 11) is -4.02. The van der Waals surface area contributed by atoms with E-state index in [0.29, 0.717) is 0 Å². The summed E-state index contributed by atoms with van der Waals surface area (Å²) in [6, 6.07) is 7.56. The molecule has 0 amide bonds. The van der Waals surface area contributed by atoms with E-state index in [1.807, 2.05) is 44.3 Å². The molecule has 2 atom stereocenters. The first-order chi connectivity index (χ1) is 10.8.